The minimum Gasteiger partial charge on any atom is -0.326 e. The largest absolute Gasteiger partial charge is 0.326 e. The molecule has 0 aromatic rings. The van der Waals surface area contributed by atoms with Crippen molar-refractivity contribution in [2.75, 3.05) is 19.6 Å². The highest BCUT2D eigenvalue weighted by Crippen LogP contribution is 2.22. The molecule has 1 aliphatic heterocycles. The lowest BCUT2D eigenvalue weighted by Crippen LogP contribution is -2.42. The van der Waals surface area contributed by atoms with Crippen molar-refractivity contribution in [3.8, 4) is 0 Å². The van der Waals surface area contributed by atoms with Crippen molar-refractivity contribution in [1.29, 1.82) is 0 Å². The molecule has 2 nitrogen and oxygen atoms in total. The number of nitrogens with zero attached hydrogens (tertiary/aromatic N) is 1. The summed E-state index contributed by atoms with van der Waals surface area (Å²) in [6, 6.07) is 0. The molecule has 0 saturated carbocycles. The second-order valence-corrected chi connectivity index (χ2v) is 5.78. The van der Waals surface area contributed by atoms with Gasteiger partial charge in [-0.3, -0.25) is 0 Å². The summed E-state index contributed by atoms with van der Waals surface area (Å²) in [6.07, 6.45) is 2.46. The molecule has 1 fully saturated rings. The predicted octanol–water partition coefficient (Wildman–Crippen LogP) is 2.09. The number of nitrogens with two attached hydrogens (primary N) is 1. The van der Waals surface area contributed by atoms with Gasteiger partial charge in [0.1, 0.15) is 0 Å². The van der Waals surface area contributed by atoms with Crippen LogP contribution in [0.2, 0.25) is 0 Å². The summed E-state index contributed by atoms with van der Waals surface area (Å²) in [7, 11) is 0. The number of likely N-dealkylation sites (tertiary alicyclic amines) is 1. The van der Waals surface area contributed by atoms with Gasteiger partial charge in [-0.25, -0.2) is 0 Å². The molecule has 2 unspecified atom stereocenters. The van der Waals surface area contributed by atoms with Gasteiger partial charge in [-0.05, 0) is 51.6 Å². The Morgan fingerprint density at radius 2 is 1.93 bits per heavy atom. The third-order valence-corrected chi connectivity index (χ3v) is 3.49. The number of hydrogen-bond acceptors (Lipinski definition) is 2. The van der Waals surface area contributed by atoms with Crippen molar-refractivity contribution in [1.82, 2.24) is 4.90 Å². The molecule has 2 N–H and O–H groups in total. The molecule has 0 aromatic heterocycles. The fourth-order valence-electron chi connectivity index (χ4n) is 2.00. The van der Waals surface area contributed by atoms with E-state index in [1.165, 1.54) is 26.1 Å². The first kappa shape index (κ1) is 12.0. The summed E-state index contributed by atoms with van der Waals surface area (Å²) in [5.41, 5.74) is 5.98. The summed E-state index contributed by atoms with van der Waals surface area (Å²) in [4.78, 5) is 2.57. The van der Waals surface area contributed by atoms with Crippen LogP contribution in [-0.4, -0.2) is 30.1 Å². The lowest BCUT2D eigenvalue weighted by molar-refractivity contribution is 0.131. The van der Waals surface area contributed by atoms with Crippen LogP contribution in [0.4, 0.5) is 0 Å². The molecule has 1 saturated heterocycles. The van der Waals surface area contributed by atoms with Crippen LogP contribution in [0.25, 0.3) is 0 Å². The molecule has 2 atom stereocenters. The average Bonchev–Trinajstić information content (AvgIpc) is 2.06. The van der Waals surface area contributed by atoms with E-state index in [9.17, 15) is 0 Å². The van der Waals surface area contributed by atoms with Crippen LogP contribution in [0.1, 0.15) is 40.5 Å². The molecule has 2 heteroatoms. The van der Waals surface area contributed by atoms with E-state index in [1.807, 2.05) is 0 Å². The van der Waals surface area contributed by atoms with Crippen LogP contribution in [0.3, 0.4) is 0 Å². The molecule has 1 aliphatic rings. The lowest BCUT2D eigenvalue weighted by atomic mass is 9.88. The Kier molecular flexibility index (Phi) is 3.96. The minimum absolute atomic E-state index is 0.00764. The molecular formula is C12H26N2. The number of hydrogen-bond donors (Lipinski definition) is 1. The second kappa shape index (κ2) is 4.63. The Labute approximate surface area is 88.8 Å². The summed E-state index contributed by atoms with van der Waals surface area (Å²) in [5.74, 6) is 1.75. The Hall–Kier alpha value is -0.0800. The standard InChI is InChI=1S/C12H26N2/c1-10-5-7-14(9-11(10)2)8-6-12(3,4)13/h10-11H,5-9,13H2,1-4H3. The van der Waals surface area contributed by atoms with Gasteiger partial charge in [0.15, 0.2) is 0 Å². The van der Waals surface area contributed by atoms with Crippen LogP contribution in [0.5, 0.6) is 0 Å². The summed E-state index contributed by atoms with van der Waals surface area (Å²) in [5, 5.41) is 0. The molecule has 1 heterocycles. The van der Waals surface area contributed by atoms with Gasteiger partial charge in [0.2, 0.25) is 0 Å². The maximum Gasteiger partial charge on any atom is 0.0109 e. The van der Waals surface area contributed by atoms with Gasteiger partial charge in [-0.2, -0.15) is 0 Å². The van der Waals surface area contributed by atoms with Crippen molar-refractivity contribution < 1.29 is 0 Å². The van der Waals surface area contributed by atoms with Gasteiger partial charge < -0.3 is 10.6 Å². The molecule has 0 bridgehead atoms. The molecule has 0 aromatic carbocycles. The quantitative estimate of drug-likeness (QED) is 0.752. The SMILES string of the molecule is CC1CCN(CCC(C)(C)N)CC1C. The van der Waals surface area contributed by atoms with E-state index in [-0.39, 0.29) is 5.54 Å². The van der Waals surface area contributed by atoms with Crippen molar-refractivity contribution in [2.24, 2.45) is 17.6 Å². The van der Waals surface area contributed by atoms with Crippen molar-refractivity contribution >= 4 is 0 Å². The predicted molar refractivity (Wildman–Crippen MR) is 62.3 cm³/mol. The number of rotatable bonds is 3. The lowest BCUT2D eigenvalue weighted by Gasteiger charge is -2.36. The van der Waals surface area contributed by atoms with E-state index in [0.29, 0.717) is 0 Å². The first-order valence-electron chi connectivity index (χ1n) is 5.90. The van der Waals surface area contributed by atoms with Gasteiger partial charge in [0.05, 0.1) is 0 Å². The van der Waals surface area contributed by atoms with E-state index < -0.39 is 0 Å². The van der Waals surface area contributed by atoms with E-state index in [0.717, 1.165) is 18.3 Å². The van der Waals surface area contributed by atoms with Crippen molar-refractivity contribution in [3.05, 3.63) is 0 Å². The third-order valence-electron chi connectivity index (χ3n) is 3.49. The van der Waals surface area contributed by atoms with Gasteiger partial charge in [0, 0.05) is 12.1 Å². The van der Waals surface area contributed by atoms with Gasteiger partial charge in [-0.1, -0.05) is 13.8 Å². The maximum atomic E-state index is 5.99. The molecule has 1 rings (SSSR count). The molecule has 0 amide bonds. The van der Waals surface area contributed by atoms with Gasteiger partial charge in [-0.15, -0.1) is 0 Å². The normalized spacial score (nSPS) is 30.6. The van der Waals surface area contributed by atoms with Crippen molar-refractivity contribution in [2.45, 2.75) is 46.1 Å². The van der Waals surface area contributed by atoms with E-state index in [1.54, 1.807) is 0 Å². The van der Waals surface area contributed by atoms with E-state index in [2.05, 4.69) is 32.6 Å². The first-order valence-corrected chi connectivity index (χ1v) is 5.90. The molecular weight excluding hydrogens is 172 g/mol. The van der Waals surface area contributed by atoms with Crippen LogP contribution in [-0.2, 0) is 0 Å². The Bertz CT molecular complexity index is 172. The second-order valence-electron chi connectivity index (χ2n) is 5.78. The topological polar surface area (TPSA) is 29.3 Å². The van der Waals surface area contributed by atoms with Crippen molar-refractivity contribution in [3.63, 3.8) is 0 Å². The van der Waals surface area contributed by atoms with Crippen LogP contribution >= 0.6 is 0 Å². The highest BCUT2D eigenvalue weighted by molar-refractivity contribution is 4.79. The minimum atomic E-state index is -0.00764. The van der Waals surface area contributed by atoms with Crippen LogP contribution in [0, 0.1) is 11.8 Å². The fourth-order valence-corrected chi connectivity index (χ4v) is 2.00. The zero-order valence-electron chi connectivity index (χ0n) is 10.2. The number of piperidine rings is 1. The fraction of sp³-hybridized carbons (Fsp3) is 1.00. The molecule has 14 heavy (non-hydrogen) atoms. The Balaban J connectivity index is 2.27. The average molecular weight is 198 g/mol. The first-order chi connectivity index (χ1) is 6.38. The van der Waals surface area contributed by atoms with Gasteiger partial charge in [0.25, 0.3) is 0 Å². The summed E-state index contributed by atoms with van der Waals surface area (Å²) >= 11 is 0. The van der Waals surface area contributed by atoms with Gasteiger partial charge >= 0.3 is 0 Å². The monoisotopic (exact) mass is 198 g/mol. The zero-order chi connectivity index (χ0) is 10.8. The highest BCUT2D eigenvalue weighted by atomic mass is 15.1. The smallest absolute Gasteiger partial charge is 0.0109 e. The van der Waals surface area contributed by atoms with Crippen LogP contribution < -0.4 is 5.73 Å². The van der Waals surface area contributed by atoms with E-state index in [4.69, 9.17) is 5.73 Å². The Morgan fingerprint density at radius 1 is 1.29 bits per heavy atom. The zero-order valence-corrected chi connectivity index (χ0v) is 10.2. The molecule has 0 spiro atoms. The summed E-state index contributed by atoms with van der Waals surface area (Å²) in [6.45, 7) is 12.7. The molecule has 0 aliphatic carbocycles. The molecule has 84 valence electrons. The Morgan fingerprint density at radius 3 is 2.43 bits per heavy atom. The highest BCUT2D eigenvalue weighted by Gasteiger charge is 2.23. The maximum absolute atomic E-state index is 5.99. The third kappa shape index (κ3) is 3.97. The molecule has 0 radical (unpaired) electrons. The van der Waals surface area contributed by atoms with Crippen LogP contribution in [0.15, 0.2) is 0 Å². The van der Waals surface area contributed by atoms with E-state index >= 15 is 0 Å². The summed E-state index contributed by atoms with van der Waals surface area (Å²) < 4.78 is 0.